The van der Waals surface area contributed by atoms with Crippen LogP contribution in [0.25, 0.3) is 0 Å². The largest absolute Gasteiger partial charge is 0.449 e. The molecule has 1 saturated heterocycles. The maximum atomic E-state index is 12.6. The molecular weight excluding hydrogens is 388 g/mol. The van der Waals surface area contributed by atoms with Crippen molar-refractivity contribution in [3.63, 3.8) is 0 Å². The number of nitrogens with zero attached hydrogens (tertiary/aromatic N) is 1. The van der Waals surface area contributed by atoms with Gasteiger partial charge in [-0.25, -0.2) is 4.79 Å². The van der Waals surface area contributed by atoms with Crippen molar-refractivity contribution in [3.05, 3.63) is 59.7 Å². The Morgan fingerprint density at radius 2 is 2.03 bits per heavy atom. The summed E-state index contributed by atoms with van der Waals surface area (Å²) in [7, 11) is 0. The minimum Gasteiger partial charge on any atom is -0.449 e. The van der Waals surface area contributed by atoms with E-state index in [4.69, 9.17) is 14.7 Å². The molecule has 3 rings (SSSR count). The van der Waals surface area contributed by atoms with Crippen molar-refractivity contribution < 1.29 is 19.1 Å². The first-order valence-corrected chi connectivity index (χ1v) is 10.4. The zero-order valence-corrected chi connectivity index (χ0v) is 16.9. The van der Waals surface area contributed by atoms with E-state index in [1.807, 2.05) is 18.2 Å². The Kier molecular flexibility index (Phi) is 7.28. The Morgan fingerprint density at radius 1 is 1.28 bits per heavy atom. The highest BCUT2D eigenvalue weighted by Crippen LogP contribution is 2.27. The van der Waals surface area contributed by atoms with Gasteiger partial charge < -0.3 is 14.8 Å². The van der Waals surface area contributed by atoms with Gasteiger partial charge in [0, 0.05) is 22.9 Å². The maximum Gasteiger partial charge on any atom is 0.340 e. The lowest BCUT2D eigenvalue weighted by atomic mass is 10.2. The number of benzene rings is 2. The quantitative estimate of drug-likeness (QED) is 0.548. The number of amides is 1. The summed E-state index contributed by atoms with van der Waals surface area (Å²) in [6, 6.07) is 15.7. The fourth-order valence-corrected chi connectivity index (χ4v) is 3.98. The van der Waals surface area contributed by atoms with Crippen LogP contribution in [0.4, 0.5) is 5.69 Å². The molecule has 0 saturated carbocycles. The van der Waals surface area contributed by atoms with Crippen molar-refractivity contribution in [2.45, 2.75) is 36.9 Å². The Morgan fingerprint density at radius 3 is 2.72 bits per heavy atom. The van der Waals surface area contributed by atoms with E-state index in [9.17, 15) is 9.59 Å². The molecule has 1 N–H and O–H groups in total. The first-order valence-electron chi connectivity index (χ1n) is 9.42. The number of hydrogen-bond acceptors (Lipinski definition) is 6. The fourth-order valence-electron chi connectivity index (χ4n) is 2.87. The van der Waals surface area contributed by atoms with Crippen molar-refractivity contribution in [1.29, 1.82) is 5.26 Å². The van der Waals surface area contributed by atoms with Crippen molar-refractivity contribution in [2.75, 3.05) is 17.7 Å². The van der Waals surface area contributed by atoms with Gasteiger partial charge >= 0.3 is 5.97 Å². The number of esters is 1. The van der Waals surface area contributed by atoms with Crippen LogP contribution in [0.1, 0.15) is 35.7 Å². The normalized spacial score (nSPS) is 16.6. The molecule has 2 atom stereocenters. The molecule has 7 heteroatoms. The first kappa shape index (κ1) is 20.9. The minimum absolute atomic E-state index is 0.209. The summed E-state index contributed by atoms with van der Waals surface area (Å²) in [5.41, 5.74) is 1.47. The molecule has 0 bridgehead atoms. The van der Waals surface area contributed by atoms with E-state index in [2.05, 4.69) is 5.32 Å². The molecule has 1 heterocycles. The number of thioether (sulfide) groups is 1. The molecule has 1 fully saturated rings. The molecule has 2 aromatic rings. The second kappa shape index (κ2) is 10.1. The molecule has 6 nitrogen and oxygen atoms in total. The van der Waals surface area contributed by atoms with Gasteiger partial charge in [0.1, 0.15) is 0 Å². The Bertz CT molecular complexity index is 902. The number of carbonyl (C=O) groups is 2. The third-order valence-electron chi connectivity index (χ3n) is 4.49. The predicted molar refractivity (Wildman–Crippen MR) is 111 cm³/mol. The Hall–Kier alpha value is -2.82. The number of rotatable bonds is 7. The molecular formula is C22H22N2O4S. The molecule has 0 unspecified atom stereocenters. The van der Waals surface area contributed by atoms with Gasteiger partial charge in [-0.15, -0.1) is 11.8 Å². The van der Waals surface area contributed by atoms with Crippen LogP contribution in [0.15, 0.2) is 53.4 Å². The molecule has 0 aliphatic carbocycles. The zero-order valence-electron chi connectivity index (χ0n) is 16.1. The lowest BCUT2D eigenvalue weighted by molar-refractivity contribution is -0.123. The van der Waals surface area contributed by atoms with Gasteiger partial charge in [0.2, 0.25) is 0 Å². The summed E-state index contributed by atoms with van der Waals surface area (Å²) >= 11 is 1.56. The number of anilines is 1. The summed E-state index contributed by atoms with van der Waals surface area (Å²) in [4.78, 5) is 25.8. The Labute approximate surface area is 174 Å². The highest BCUT2D eigenvalue weighted by atomic mass is 32.2. The van der Waals surface area contributed by atoms with E-state index in [0.717, 1.165) is 30.1 Å². The van der Waals surface area contributed by atoms with Gasteiger partial charge in [0.15, 0.2) is 6.10 Å². The van der Waals surface area contributed by atoms with Crippen molar-refractivity contribution in [2.24, 2.45) is 0 Å². The van der Waals surface area contributed by atoms with E-state index in [1.165, 1.54) is 6.92 Å². The summed E-state index contributed by atoms with van der Waals surface area (Å²) in [5, 5.41) is 11.5. The monoisotopic (exact) mass is 410 g/mol. The first-order chi connectivity index (χ1) is 14.1. The third kappa shape index (κ3) is 5.83. The third-order valence-corrected chi connectivity index (χ3v) is 5.70. The van der Waals surface area contributed by atoms with Crippen LogP contribution < -0.4 is 5.32 Å². The maximum absolute atomic E-state index is 12.6. The average molecular weight is 410 g/mol. The molecule has 150 valence electrons. The van der Waals surface area contributed by atoms with Gasteiger partial charge in [0.25, 0.3) is 5.91 Å². The van der Waals surface area contributed by atoms with E-state index >= 15 is 0 Å². The van der Waals surface area contributed by atoms with E-state index < -0.39 is 18.0 Å². The zero-order chi connectivity index (χ0) is 20.6. The smallest absolute Gasteiger partial charge is 0.340 e. The van der Waals surface area contributed by atoms with Crippen LogP contribution in [0.5, 0.6) is 0 Å². The molecule has 1 aliphatic heterocycles. The van der Waals surface area contributed by atoms with Crippen LogP contribution in [0.2, 0.25) is 0 Å². The number of carbonyl (C=O) groups excluding carboxylic acids is 2. The standard InChI is InChI=1S/C22H22N2O4S/c1-15(21(25)24-17-10-8-16(13-23)9-11-17)28-22(26)19-6-2-3-7-20(19)29-14-18-5-4-12-27-18/h2-3,6-11,15,18H,4-5,12,14H2,1H3,(H,24,25)/t15-,18-/m0/s1. The van der Waals surface area contributed by atoms with Crippen molar-refractivity contribution in [3.8, 4) is 6.07 Å². The second-order valence-corrected chi connectivity index (χ2v) is 7.73. The van der Waals surface area contributed by atoms with Crippen LogP contribution in [0, 0.1) is 11.3 Å². The molecule has 0 radical (unpaired) electrons. The predicted octanol–water partition coefficient (Wildman–Crippen LogP) is 4.01. The lowest BCUT2D eigenvalue weighted by Crippen LogP contribution is -2.30. The van der Waals surface area contributed by atoms with Gasteiger partial charge in [-0.2, -0.15) is 5.26 Å². The van der Waals surface area contributed by atoms with E-state index in [-0.39, 0.29) is 6.10 Å². The SMILES string of the molecule is C[C@H](OC(=O)c1ccccc1SC[C@@H]1CCCO1)C(=O)Nc1ccc(C#N)cc1. The molecule has 1 aliphatic rings. The minimum atomic E-state index is -0.964. The summed E-state index contributed by atoms with van der Waals surface area (Å²) in [5.74, 6) is -0.200. The van der Waals surface area contributed by atoms with Gasteiger partial charge in [-0.1, -0.05) is 12.1 Å². The molecule has 0 spiro atoms. The number of hydrogen-bond donors (Lipinski definition) is 1. The Balaban J connectivity index is 1.58. The van der Waals surface area contributed by atoms with Gasteiger partial charge in [-0.05, 0) is 56.2 Å². The van der Waals surface area contributed by atoms with Crippen LogP contribution >= 0.6 is 11.8 Å². The van der Waals surface area contributed by atoms with E-state index in [0.29, 0.717) is 16.8 Å². The van der Waals surface area contributed by atoms with E-state index in [1.54, 1.807) is 48.2 Å². The number of ether oxygens (including phenoxy) is 2. The highest BCUT2D eigenvalue weighted by molar-refractivity contribution is 7.99. The van der Waals surface area contributed by atoms with Crippen molar-refractivity contribution in [1.82, 2.24) is 0 Å². The van der Waals surface area contributed by atoms with Gasteiger partial charge in [0.05, 0.1) is 23.3 Å². The second-order valence-electron chi connectivity index (χ2n) is 6.67. The van der Waals surface area contributed by atoms with Crippen LogP contribution in [-0.4, -0.2) is 36.4 Å². The summed E-state index contributed by atoms with van der Waals surface area (Å²) < 4.78 is 11.0. The number of nitriles is 1. The van der Waals surface area contributed by atoms with Crippen molar-refractivity contribution >= 4 is 29.3 Å². The average Bonchev–Trinajstić information content (AvgIpc) is 3.26. The van der Waals surface area contributed by atoms with Gasteiger partial charge in [-0.3, -0.25) is 4.79 Å². The molecule has 29 heavy (non-hydrogen) atoms. The summed E-state index contributed by atoms with van der Waals surface area (Å²) in [6.45, 7) is 2.32. The number of nitrogens with one attached hydrogen (secondary N) is 1. The topological polar surface area (TPSA) is 88.4 Å². The molecule has 1 amide bonds. The summed E-state index contributed by atoms with van der Waals surface area (Å²) in [6.07, 6.45) is 1.35. The molecule has 2 aromatic carbocycles. The highest BCUT2D eigenvalue weighted by Gasteiger charge is 2.22. The van der Waals surface area contributed by atoms with Crippen LogP contribution in [-0.2, 0) is 14.3 Å². The fraction of sp³-hybridized carbons (Fsp3) is 0.318. The molecule has 0 aromatic heterocycles. The lowest BCUT2D eigenvalue weighted by Gasteiger charge is -2.15. The van der Waals surface area contributed by atoms with Crippen LogP contribution in [0.3, 0.4) is 0 Å².